The van der Waals surface area contributed by atoms with E-state index in [1.54, 1.807) is 0 Å². The third-order valence-electron chi connectivity index (χ3n) is 3.35. The van der Waals surface area contributed by atoms with Gasteiger partial charge in [0.2, 0.25) is 0 Å². The van der Waals surface area contributed by atoms with E-state index in [1.165, 1.54) is 0 Å². The number of hydrogen-bond donors (Lipinski definition) is 2. The van der Waals surface area contributed by atoms with Gasteiger partial charge in [-0.25, -0.2) is 0 Å². The lowest BCUT2D eigenvalue weighted by Crippen LogP contribution is -2.43. The Morgan fingerprint density at radius 2 is 2.35 bits per heavy atom. The normalized spacial score (nSPS) is 24.9. The fraction of sp³-hybridized carbons (Fsp3) is 0.750. The molecule has 1 fully saturated rings. The Hall–Kier alpha value is -1.23. The van der Waals surface area contributed by atoms with Crippen LogP contribution in [0.5, 0.6) is 0 Å². The first kappa shape index (κ1) is 12.2. The highest BCUT2D eigenvalue weighted by Gasteiger charge is 2.29. The maximum atomic E-state index is 6.10. The molecule has 1 aliphatic heterocycles. The van der Waals surface area contributed by atoms with Crippen molar-refractivity contribution in [2.45, 2.75) is 38.6 Å². The van der Waals surface area contributed by atoms with Crippen LogP contribution >= 0.6 is 0 Å². The van der Waals surface area contributed by atoms with E-state index in [9.17, 15) is 0 Å². The summed E-state index contributed by atoms with van der Waals surface area (Å²) in [6.07, 6.45) is 3.04. The summed E-state index contributed by atoms with van der Waals surface area (Å²) in [5.41, 5.74) is 7.79. The van der Waals surface area contributed by atoms with Crippen LogP contribution in [0.2, 0.25) is 0 Å². The lowest BCUT2D eigenvalue weighted by atomic mass is 9.95. The maximum absolute atomic E-state index is 6.10. The molecule has 1 atom stereocenters. The first-order valence-corrected chi connectivity index (χ1v) is 6.23. The molecule has 5 heteroatoms. The summed E-state index contributed by atoms with van der Waals surface area (Å²) in [7, 11) is 1.92. The Morgan fingerprint density at radius 1 is 1.59 bits per heavy atom. The summed E-state index contributed by atoms with van der Waals surface area (Å²) in [6.45, 7) is 5.82. The predicted molar refractivity (Wildman–Crippen MR) is 69.1 cm³/mol. The monoisotopic (exact) mass is 238 g/mol. The number of nitrogen functional groups attached to an aromatic ring is 1. The Bertz CT molecular complexity index is 393. The van der Waals surface area contributed by atoms with E-state index in [0.29, 0.717) is 0 Å². The molecule has 0 spiro atoms. The van der Waals surface area contributed by atoms with Crippen LogP contribution in [0.25, 0.3) is 0 Å². The highest BCUT2D eigenvalue weighted by atomic mass is 16.5. The van der Waals surface area contributed by atoms with Gasteiger partial charge in [-0.2, -0.15) is 5.10 Å². The number of aryl methyl sites for hydroxylation is 2. The van der Waals surface area contributed by atoms with Gasteiger partial charge < -0.3 is 15.8 Å². The quantitative estimate of drug-likeness (QED) is 0.838. The molecule has 17 heavy (non-hydrogen) atoms. The van der Waals surface area contributed by atoms with Crippen molar-refractivity contribution in [3.63, 3.8) is 0 Å². The molecule has 2 rings (SSSR count). The summed E-state index contributed by atoms with van der Waals surface area (Å²) in [5, 5.41) is 7.91. The average molecular weight is 238 g/mol. The Kier molecular flexibility index (Phi) is 3.28. The van der Waals surface area contributed by atoms with Crippen molar-refractivity contribution in [3.8, 4) is 0 Å². The topological polar surface area (TPSA) is 65.1 Å². The number of nitrogens with one attached hydrogen (secondary N) is 1. The molecular formula is C12H22N4O. The molecule has 5 nitrogen and oxygen atoms in total. The van der Waals surface area contributed by atoms with Crippen molar-refractivity contribution in [3.05, 3.63) is 5.69 Å². The SMILES string of the molecule is CCc1nn(C)c(NC2(C)CCCOC2)c1N. The molecule has 1 aromatic heterocycles. The van der Waals surface area contributed by atoms with Crippen molar-refractivity contribution in [2.75, 3.05) is 24.3 Å². The van der Waals surface area contributed by atoms with E-state index >= 15 is 0 Å². The van der Waals surface area contributed by atoms with Gasteiger partial charge in [-0.05, 0) is 26.2 Å². The second-order valence-electron chi connectivity index (χ2n) is 5.03. The van der Waals surface area contributed by atoms with Crippen LogP contribution in [-0.4, -0.2) is 28.5 Å². The molecule has 3 N–H and O–H groups in total. The van der Waals surface area contributed by atoms with E-state index in [1.807, 2.05) is 11.7 Å². The fourth-order valence-corrected chi connectivity index (χ4v) is 2.32. The van der Waals surface area contributed by atoms with E-state index < -0.39 is 0 Å². The van der Waals surface area contributed by atoms with Gasteiger partial charge in [-0.15, -0.1) is 0 Å². The third-order valence-corrected chi connectivity index (χ3v) is 3.35. The van der Waals surface area contributed by atoms with Gasteiger partial charge in [0.05, 0.1) is 23.5 Å². The summed E-state index contributed by atoms with van der Waals surface area (Å²) >= 11 is 0. The minimum absolute atomic E-state index is 0.0365. The van der Waals surface area contributed by atoms with Gasteiger partial charge in [-0.3, -0.25) is 4.68 Å². The molecule has 2 heterocycles. The molecule has 1 saturated heterocycles. The second-order valence-corrected chi connectivity index (χ2v) is 5.03. The van der Waals surface area contributed by atoms with Crippen LogP contribution in [0.1, 0.15) is 32.4 Å². The summed E-state index contributed by atoms with van der Waals surface area (Å²) in [4.78, 5) is 0. The van der Waals surface area contributed by atoms with Crippen LogP contribution in [0.15, 0.2) is 0 Å². The maximum Gasteiger partial charge on any atom is 0.148 e. The van der Waals surface area contributed by atoms with E-state index in [4.69, 9.17) is 10.5 Å². The molecule has 0 aliphatic carbocycles. The van der Waals surface area contributed by atoms with Crippen molar-refractivity contribution < 1.29 is 4.74 Å². The average Bonchev–Trinajstić information content (AvgIpc) is 2.57. The summed E-state index contributed by atoms with van der Waals surface area (Å²) in [6, 6.07) is 0. The number of ether oxygens (including phenoxy) is 1. The minimum atomic E-state index is -0.0365. The molecule has 0 aromatic carbocycles. The molecular weight excluding hydrogens is 216 g/mol. The van der Waals surface area contributed by atoms with Crippen LogP contribution in [0.4, 0.5) is 11.5 Å². The molecule has 0 bridgehead atoms. The highest BCUT2D eigenvalue weighted by molar-refractivity contribution is 5.66. The van der Waals surface area contributed by atoms with Crippen LogP contribution < -0.4 is 11.1 Å². The summed E-state index contributed by atoms with van der Waals surface area (Å²) in [5.74, 6) is 0.912. The van der Waals surface area contributed by atoms with Gasteiger partial charge in [-0.1, -0.05) is 6.92 Å². The van der Waals surface area contributed by atoms with Crippen molar-refractivity contribution in [1.29, 1.82) is 0 Å². The van der Waals surface area contributed by atoms with Gasteiger partial charge in [0.1, 0.15) is 5.82 Å². The van der Waals surface area contributed by atoms with Gasteiger partial charge in [0.25, 0.3) is 0 Å². The van der Waals surface area contributed by atoms with E-state index in [2.05, 4.69) is 24.3 Å². The van der Waals surface area contributed by atoms with Crippen LogP contribution in [-0.2, 0) is 18.2 Å². The number of aromatic nitrogens is 2. The number of hydrogen-bond acceptors (Lipinski definition) is 4. The molecule has 96 valence electrons. The number of anilines is 2. The molecule has 0 radical (unpaired) electrons. The second kappa shape index (κ2) is 4.56. The highest BCUT2D eigenvalue weighted by Crippen LogP contribution is 2.29. The van der Waals surface area contributed by atoms with Gasteiger partial charge >= 0.3 is 0 Å². The largest absolute Gasteiger partial charge is 0.394 e. The molecule has 0 saturated carbocycles. The van der Waals surface area contributed by atoms with Crippen molar-refractivity contribution in [1.82, 2.24) is 9.78 Å². The molecule has 1 aliphatic rings. The Morgan fingerprint density at radius 3 is 2.88 bits per heavy atom. The zero-order valence-corrected chi connectivity index (χ0v) is 10.9. The first-order valence-electron chi connectivity index (χ1n) is 6.23. The zero-order valence-electron chi connectivity index (χ0n) is 10.9. The zero-order chi connectivity index (χ0) is 12.5. The van der Waals surface area contributed by atoms with Crippen LogP contribution in [0, 0.1) is 0 Å². The molecule has 1 aromatic rings. The van der Waals surface area contributed by atoms with E-state index in [-0.39, 0.29) is 5.54 Å². The van der Waals surface area contributed by atoms with Crippen LogP contribution in [0.3, 0.4) is 0 Å². The Labute approximate surface area is 102 Å². The van der Waals surface area contributed by atoms with Gasteiger partial charge in [0, 0.05) is 13.7 Å². The smallest absolute Gasteiger partial charge is 0.148 e. The predicted octanol–water partition coefficient (Wildman–Crippen LogP) is 1.55. The van der Waals surface area contributed by atoms with Gasteiger partial charge in [0.15, 0.2) is 0 Å². The lowest BCUT2D eigenvalue weighted by molar-refractivity contribution is 0.0538. The number of nitrogens with two attached hydrogens (primary N) is 1. The lowest BCUT2D eigenvalue weighted by Gasteiger charge is -2.35. The number of nitrogens with zero attached hydrogens (tertiary/aromatic N) is 2. The number of rotatable bonds is 3. The first-order chi connectivity index (χ1) is 8.06. The van der Waals surface area contributed by atoms with Crippen molar-refractivity contribution >= 4 is 11.5 Å². The summed E-state index contributed by atoms with van der Waals surface area (Å²) < 4.78 is 7.36. The Balaban J connectivity index is 2.20. The minimum Gasteiger partial charge on any atom is -0.394 e. The molecule has 1 unspecified atom stereocenters. The molecule has 0 amide bonds. The standard InChI is InChI=1S/C12H22N4O/c1-4-9-10(13)11(16(3)15-9)14-12(2)6-5-7-17-8-12/h14H,4-8,13H2,1-3H3. The fourth-order valence-electron chi connectivity index (χ4n) is 2.32. The van der Waals surface area contributed by atoms with E-state index in [0.717, 1.165) is 49.7 Å². The third kappa shape index (κ3) is 2.39. The van der Waals surface area contributed by atoms with Crippen molar-refractivity contribution in [2.24, 2.45) is 7.05 Å².